The Morgan fingerprint density at radius 1 is 1.39 bits per heavy atom. The first-order valence-corrected chi connectivity index (χ1v) is 6.79. The van der Waals surface area contributed by atoms with E-state index < -0.39 is 0 Å². The summed E-state index contributed by atoms with van der Waals surface area (Å²) in [6.07, 6.45) is 2.00. The van der Waals surface area contributed by atoms with E-state index in [2.05, 4.69) is 21.2 Å². The maximum Gasteiger partial charge on any atom is 0.167 e. The van der Waals surface area contributed by atoms with Crippen molar-refractivity contribution in [3.8, 4) is 11.5 Å². The summed E-state index contributed by atoms with van der Waals surface area (Å²) in [4.78, 5) is 0. The molecule has 1 saturated heterocycles. The Balaban J connectivity index is 2.51. The van der Waals surface area contributed by atoms with Crippen molar-refractivity contribution < 1.29 is 13.9 Å². The molecule has 1 heterocycles. The van der Waals surface area contributed by atoms with Gasteiger partial charge in [0, 0.05) is 24.1 Å². The van der Waals surface area contributed by atoms with Gasteiger partial charge in [0.05, 0.1) is 18.7 Å². The van der Waals surface area contributed by atoms with Gasteiger partial charge in [-0.25, -0.2) is 4.39 Å². The van der Waals surface area contributed by atoms with Crippen LogP contribution in [0.2, 0.25) is 0 Å². The third-order valence-electron chi connectivity index (χ3n) is 3.30. The number of rotatable bonds is 3. The molecule has 0 saturated carbocycles. The molecule has 1 aliphatic heterocycles. The van der Waals surface area contributed by atoms with Crippen LogP contribution in [-0.4, -0.2) is 27.3 Å². The second-order valence-corrected chi connectivity index (χ2v) is 5.22. The van der Waals surface area contributed by atoms with Crippen LogP contribution in [0.4, 0.5) is 4.39 Å². The quantitative estimate of drug-likeness (QED) is 0.929. The van der Waals surface area contributed by atoms with Crippen LogP contribution in [0, 0.1) is 5.82 Å². The Kier molecular flexibility index (Phi) is 4.45. The minimum Gasteiger partial charge on any atom is -0.493 e. The molecule has 0 spiro atoms. The molecule has 5 heteroatoms. The number of nitrogens with one attached hydrogen (secondary N) is 1. The molecule has 100 valence electrons. The van der Waals surface area contributed by atoms with Crippen LogP contribution < -0.4 is 14.8 Å². The number of hydrogen-bond donors (Lipinski definition) is 1. The van der Waals surface area contributed by atoms with Crippen LogP contribution in [0.3, 0.4) is 0 Å². The summed E-state index contributed by atoms with van der Waals surface area (Å²) in [6.45, 7) is 1.76. The predicted octanol–water partition coefficient (Wildman–Crippen LogP) is 3.07. The number of ether oxygens (including phenoxy) is 2. The van der Waals surface area contributed by atoms with E-state index in [-0.39, 0.29) is 11.7 Å². The molecule has 2 rings (SSSR count). The van der Waals surface area contributed by atoms with E-state index in [1.807, 2.05) is 0 Å². The van der Waals surface area contributed by atoms with Crippen molar-refractivity contribution >= 4 is 15.9 Å². The fourth-order valence-electron chi connectivity index (χ4n) is 2.43. The molecule has 1 fully saturated rings. The van der Waals surface area contributed by atoms with Gasteiger partial charge in [-0.15, -0.1) is 0 Å². The highest BCUT2D eigenvalue weighted by Gasteiger charge is 2.27. The normalized spacial score (nSPS) is 19.7. The zero-order chi connectivity index (χ0) is 13.1. The summed E-state index contributed by atoms with van der Waals surface area (Å²) >= 11 is 3.24. The van der Waals surface area contributed by atoms with Crippen LogP contribution in [0.25, 0.3) is 0 Å². The van der Waals surface area contributed by atoms with Gasteiger partial charge in [-0.3, -0.25) is 0 Å². The Hall–Kier alpha value is -0.810. The molecule has 0 radical (unpaired) electrons. The second-order valence-electron chi connectivity index (χ2n) is 4.36. The van der Waals surface area contributed by atoms with Crippen molar-refractivity contribution in [2.45, 2.75) is 18.8 Å². The van der Waals surface area contributed by atoms with Gasteiger partial charge in [-0.05, 0) is 35.3 Å². The molecule has 1 N–H and O–H groups in total. The lowest BCUT2D eigenvalue weighted by Crippen LogP contribution is -2.29. The average Bonchev–Trinajstić information content (AvgIpc) is 2.42. The summed E-state index contributed by atoms with van der Waals surface area (Å²) in [6, 6.07) is 1.61. The molecule has 0 bridgehead atoms. The lowest BCUT2D eigenvalue weighted by Gasteiger charge is -2.26. The summed E-state index contributed by atoms with van der Waals surface area (Å²) in [5, 5.41) is 3.29. The second kappa shape index (κ2) is 5.89. The molecule has 1 aromatic carbocycles. The Labute approximate surface area is 115 Å². The van der Waals surface area contributed by atoms with Crippen molar-refractivity contribution in [1.29, 1.82) is 0 Å². The molecule has 0 amide bonds. The summed E-state index contributed by atoms with van der Waals surface area (Å²) in [7, 11) is 3.11. The predicted molar refractivity (Wildman–Crippen MR) is 72.0 cm³/mol. The highest BCUT2D eigenvalue weighted by atomic mass is 79.9. The third-order valence-corrected chi connectivity index (χ3v) is 3.88. The molecule has 3 nitrogen and oxygen atoms in total. The fourth-order valence-corrected chi connectivity index (χ4v) is 2.85. The average molecular weight is 318 g/mol. The SMILES string of the molecule is COc1cc(Br)c(F)c(C2CCCNC2)c1OC. The van der Waals surface area contributed by atoms with Crippen molar-refractivity contribution in [3.63, 3.8) is 0 Å². The van der Waals surface area contributed by atoms with E-state index in [1.165, 1.54) is 0 Å². The summed E-state index contributed by atoms with van der Waals surface area (Å²) in [5.41, 5.74) is 0.607. The first kappa shape index (κ1) is 13.6. The molecule has 0 aromatic heterocycles. The van der Waals surface area contributed by atoms with Crippen LogP contribution in [-0.2, 0) is 0 Å². The fraction of sp³-hybridized carbons (Fsp3) is 0.538. The first-order valence-electron chi connectivity index (χ1n) is 5.99. The van der Waals surface area contributed by atoms with Gasteiger partial charge in [0.25, 0.3) is 0 Å². The van der Waals surface area contributed by atoms with Crippen LogP contribution in [0.15, 0.2) is 10.5 Å². The molecule has 1 unspecified atom stereocenters. The van der Waals surface area contributed by atoms with Gasteiger partial charge < -0.3 is 14.8 Å². The number of benzene rings is 1. The topological polar surface area (TPSA) is 30.5 Å². The third kappa shape index (κ3) is 2.47. The maximum absolute atomic E-state index is 14.3. The standard InChI is InChI=1S/C13H17BrFNO2/c1-17-10-6-9(14)12(15)11(13(10)18-2)8-4-3-5-16-7-8/h6,8,16H,3-5,7H2,1-2H3. The number of methoxy groups -OCH3 is 2. The Morgan fingerprint density at radius 2 is 2.17 bits per heavy atom. The minimum atomic E-state index is -0.249. The van der Waals surface area contributed by atoms with E-state index in [9.17, 15) is 4.39 Å². The number of piperidine rings is 1. The van der Waals surface area contributed by atoms with E-state index in [4.69, 9.17) is 9.47 Å². The first-order chi connectivity index (χ1) is 8.69. The molecular weight excluding hydrogens is 301 g/mol. The summed E-state index contributed by atoms with van der Waals surface area (Å²) < 4.78 is 25.4. The molecule has 1 aliphatic rings. The van der Waals surface area contributed by atoms with Crippen LogP contribution in [0.1, 0.15) is 24.3 Å². The highest BCUT2D eigenvalue weighted by Crippen LogP contribution is 2.42. The van der Waals surface area contributed by atoms with E-state index in [1.54, 1.807) is 20.3 Å². The lowest BCUT2D eigenvalue weighted by molar-refractivity contribution is 0.338. The smallest absolute Gasteiger partial charge is 0.167 e. The van der Waals surface area contributed by atoms with Gasteiger partial charge in [0.2, 0.25) is 0 Å². The molecular formula is C13H17BrFNO2. The van der Waals surface area contributed by atoms with Gasteiger partial charge in [0.15, 0.2) is 11.5 Å². The largest absolute Gasteiger partial charge is 0.493 e. The van der Waals surface area contributed by atoms with Crippen molar-refractivity contribution in [2.75, 3.05) is 27.3 Å². The lowest BCUT2D eigenvalue weighted by atomic mass is 9.90. The van der Waals surface area contributed by atoms with Crippen molar-refractivity contribution in [3.05, 3.63) is 21.9 Å². The van der Waals surface area contributed by atoms with Crippen molar-refractivity contribution in [1.82, 2.24) is 5.32 Å². The number of hydrogen-bond acceptors (Lipinski definition) is 3. The maximum atomic E-state index is 14.3. The molecule has 18 heavy (non-hydrogen) atoms. The van der Waals surface area contributed by atoms with Crippen LogP contribution >= 0.6 is 15.9 Å². The Bertz CT molecular complexity index is 433. The van der Waals surface area contributed by atoms with Gasteiger partial charge in [-0.1, -0.05) is 0 Å². The molecule has 1 aromatic rings. The van der Waals surface area contributed by atoms with Gasteiger partial charge in [-0.2, -0.15) is 0 Å². The van der Waals surface area contributed by atoms with Crippen LogP contribution in [0.5, 0.6) is 11.5 Å². The van der Waals surface area contributed by atoms with Gasteiger partial charge >= 0.3 is 0 Å². The monoisotopic (exact) mass is 317 g/mol. The minimum absolute atomic E-state index is 0.125. The zero-order valence-corrected chi connectivity index (χ0v) is 12.1. The molecule has 0 aliphatic carbocycles. The van der Waals surface area contributed by atoms with Gasteiger partial charge in [0.1, 0.15) is 5.82 Å². The van der Waals surface area contributed by atoms with E-state index in [0.29, 0.717) is 21.5 Å². The number of halogens is 2. The van der Waals surface area contributed by atoms with E-state index in [0.717, 1.165) is 25.9 Å². The molecule has 1 atom stereocenters. The zero-order valence-electron chi connectivity index (χ0n) is 10.6. The Morgan fingerprint density at radius 3 is 2.72 bits per heavy atom. The van der Waals surface area contributed by atoms with E-state index >= 15 is 0 Å². The summed E-state index contributed by atoms with van der Waals surface area (Å²) in [5.74, 6) is 0.944. The highest BCUT2D eigenvalue weighted by molar-refractivity contribution is 9.10. The van der Waals surface area contributed by atoms with Crippen molar-refractivity contribution in [2.24, 2.45) is 0 Å².